The first kappa shape index (κ1) is 9.67. The number of carboxylic acid groups (broad SMARTS) is 1. The topological polar surface area (TPSA) is 63.3 Å². The molecule has 0 saturated heterocycles. The molecule has 13 heavy (non-hydrogen) atoms. The molecule has 70 valence electrons. The molecular formula is C9H10FNO2. The molecule has 0 heterocycles. The largest absolute Gasteiger partial charge is 0.480 e. The Balaban J connectivity index is 2.85. The molecule has 0 aliphatic heterocycles. The molecule has 0 aliphatic carbocycles. The van der Waals surface area contributed by atoms with Crippen molar-refractivity contribution in [3.05, 3.63) is 35.4 Å². The van der Waals surface area contributed by atoms with Crippen LogP contribution in [0.5, 0.6) is 0 Å². The van der Waals surface area contributed by atoms with Crippen LogP contribution >= 0.6 is 0 Å². The second-order valence-electron chi connectivity index (χ2n) is 2.69. The van der Waals surface area contributed by atoms with Crippen molar-refractivity contribution in [3.8, 4) is 0 Å². The van der Waals surface area contributed by atoms with Gasteiger partial charge in [0.1, 0.15) is 12.7 Å². The summed E-state index contributed by atoms with van der Waals surface area (Å²) in [6, 6.07) is 5.06. The van der Waals surface area contributed by atoms with Crippen molar-refractivity contribution >= 4 is 5.97 Å². The molecule has 1 rings (SSSR count). The van der Waals surface area contributed by atoms with E-state index in [-0.39, 0.29) is 0 Å². The average molecular weight is 183 g/mol. The lowest BCUT2D eigenvalue weighted by molar-refractivity contribution is -0.138. The third-order valence-electron chi connectivity index (χ3n) is 1.76. The summed E-state index contributed by atoms with van der Waals surface area (Å²) in [4.78, 5) is 10.5. The maximum atomic E-state index is 12.1. The summed E-state index contributed by atoms with van der Waals surface area (Å²) in [7, 11) is 0. The van der Waals surface area contributed by atoms with Gasteiger partial charge in [-0.25, -0.2) is 4.39 Å². The monoisotopic (exact) mass is 183 g/mol. The Kier molecular flexibility index (Phi) is 2.97. The lowest BCUT2D eigenvalue weighted by atomic mass is 10.1. The normalized spacial score (nSPS) is 12.5. The van der Waals surface area contributed by atoms with Crippen LogP contribution in [-0.4, -0.2) is 11.1 Å². The molecule has 1 unspecified atom stereocenters. The fourth-order valence-corrected chi connectivity index (χ4v) is 0.957. The van der Waals surface area contributed by atoms with Gasteiger partial charge >= 0.3 is 5.97 Å². The van der Waals surface area contributed by atoms with Gasteiger partial charge in [-0.2, -0.15) is 0 Å². The van der Waals surface area contributed by atoms with Crippen LogP contribution in [0.15, 0.2) is 24.3 Å². The third kappa shape index (κ3) is 2.26. The van der Waals surface area contributed by atoms with Gasteiger partial charge in [-0.1, -0.05) is 24.3 Å². The van der Waals surface area contributed by atoms with E-state index < -0.39 is 18.7 Å². The van der Waals surface area contributed by atoms with E-state index in [4.69, 9.17) is 10.8 Å². The Hall–Kier alpha value is -1.42. The molecule has 0 aliphatic rings. The molecule has 0 radical (unpaired) electrons. The van der Waals surface area contributed by atoms with Gasteiger partial charge in [-0.05, 0) is 11.1 Å². The number of alkyl halides is 1. The average Bonchev–Trinajstić information content (AvgIpc) is 2.17. The molecule has 1 aromatic rings. The number of aliphatic carboxylic acids is 1. The molecule has 3 nitrogen and oxygen atoms in total. The van der Waals surface area contributed by atoms with Crippen LogP contribution in [0, 0.1) is 0 Å². The second-order valence-corrected chi connectivity index (χ2v) is 2.69. The van der Waals surface area contributed by atoms with Gasteiger partial charge in [0, 0.05) is 0 Å². The quantitative estimate of drug-likeness (QED) is 0.741. The van der Waals surface area contributed by atoms with Crippen molar-refractivity contribution < 1.29 is 14.3 Å². The first-order valence-electron chi connectivity index (χ1n) is 3.78. The smallest absolute Gasteiger partial charge is 0.325 e. The van der Waals surface area contributed by atoms with Gasteiger partial charge < -0.3 is 10.8 Å². The number of nitrogens with two attached hydrogens (primary N) is 1. The second kappa shape index (κ2) is 4.00. The van der Waals surface area contributed by atoms with Crippen molar-refractivity contribution in [2.45, 2.75) is 12.7 Å². The molecule has 0 aromatic heterocycles. The summed E-state index contributed by atoms with van der Waals surface area (Å²) in [5.74, 6) is -1.09. The van der Waals surface area contributed by atoms with E-state index in [2.05, 4.69) is 0 Å². The van der Waals surface area contributed by atoms with Crippen molar-refractivity contribution in [1.29, 1.82) is 0 Å². The highest BCUT2D eigenvalue weighted by atomic mass is 19.1. The standard InChI is InChI=1S/C9H10FNO2/c10-5-6-1-3-7(4-2-6)8(11)9(12)13/h1-4,8H,5,11H2,(H,12,13). The molecule has 4 heteroatoms. The van der Waals surface area contributed by atoms with Crippen LogP contribution in [0.2, 0.25) is 0 Å². The Morgan fingerprint density at radius 1 is 1.46 bits per heavy atom. The Morgan fingerprint density at radius 3 is 2.38 bits per heavy atom. The Labute approximate surface area is 75.0 Å². The molecule has 3 N–H and O–H groups in total. The van der Waals surface area contributed by atoms with Crippen LogP contribution in [0.4, 0.5) is 4.39 Å². The minimum absolute atomic E-state index is 0.477. The summed E-state index contributed by atoms with van der Waals surface area (Å²) in [6.45, 7) is -0.553. The zero-order valence-electron chi connectivity index (χ0n) is 6.90. The minimum atomic E-state index is -1.09. The molecule has 1 aromatic carbocycles. The number of benzene rings is 1. The fourth-order valence-electron chi connectivity index (χ4n) is 0.957. The lowest BCUT2D eigenvalue weighted by Gasteiger charge is -2.06. The van der Waals surface area contributed by atoms with Gasteiger partial charge in [-0.15, -0.1) is 0 Å². The van der Waals surface area contributed by atoms with Gasteiger partial charge in [0.15, 0.2) is 0 Å². The zero-order chi connectivity index (χ0) is 9.84. The maximum Gasteiger partial charge on any atom is 0.325 e. The highest BCUT2D eigenvalue weighted by molar-refractivity contribution is 5.75. The van der Waals surface area contributed by atoms with E-state index >= 15 is 0 Å². The molecule has 1 atom stereocenters. The van der Waals surface area contributed by atoms with Crippen molar-refractivity contribution in [2.75, 3.05) is 0 Å². The third-order valence-corrected chi connectivity index (χ3v) is 1.76. The van der Waals surface area contributed by atoms with E-state index in [9.17, 15) is 9.18 Å². The summed E-state index contributed by atoms with van der Waals surface area (Å²) in [5, 5.41) is 8.56. The van der Waals surface area contributed by atoms with E-state index in [1.165, 1.54) is 24.3 Å². The van der Waals surface area contributed by atoms with E-state index in [1.54, 1.807) is 0 Å². The van der Waals surface area contributed by atoms with E-state index in [0.717, 1.165) is 0 Å². The molecular weight excluding hydrogens is 173 g/mol. The SMILES string of the molecule is NC(C(=O)O)c1ccc(CF)cc1. The molecule has 0 saturated carbocycles. The van der Waals surface area contributed by atoms with Crippen LogP contribution in [0.1, 0.15) is 17.2 Å². The summed E-state index contributed by atoms with van der Waals surface area (Å²) < 4.78 is 12.1. The maximum absolute atomic E-state index is 12.1. The number of carboxylic acids is 1. The van der Waals surface area contributed by atoms with Crippen molar-refractivity contribution in [2.24, 2.45) is 5.73 Å². The highest BCUT2D eigenvalue weighted by Crippen LogP contribution is 2.12. The first-order chi connectivity index (χ1) is 6.15. The molecule has 0 amide bonds. The molecule has 0 fully saturated rings. The predicted octanol–water partition coefficient (Wildman–Crippen LogP) is 1.24. The van der Waals surface area contributed by atoms with Gasteiger partial charge in [0.2, 0.25) is 0 Å². The number of hydrogen-bond donors (Lipinski definition) is 2. The predicted molar refractivity (Wildman–Crippen MR) is 45.8 cm³/mol. The van der Waals surface area contributed by atoms with Crippen LogP contribution in [0.25, 0.3) is 0 Å². The molecule has 0 spiro atoms. The lowest BCUT2D eigenvalue weighted by Crippen LogP contribution is -2.20. The summed E-state index contributed by atoms with van der Waals surface area (Å²) in [6.07, 6.45) is 0. The molecule has 0 bridgehead atoms. The minimum Gasteiger partial charge on any atom is -0.480 e. The highest BCUT2D eigenvalue weighted by Gasteiger charge is 2.13. The van der Waals surface area contributed by atoms with Crippen LogP contribution in [0.3, 0.4) is 0 Å². The summed E-state index contributed by atoms with van der Waals surface area (Å²) in [5.41, 5.74) is 6.33. The van der Waals surface area contributed by atoms with Gasteiger partial charge in [0.05, 0.1) is 0 Å². The number of rotatable bonds is 3. The number of halogens is 1. The van der Waals surface area contributed by atoms with E-state index in [1.807, 2.05) is 0 Å². The number of carbonyl (C=O) groups is 1. The van der Waals surface area contributed by atoms with E-state index in [0.29, 0.717) is 11.1 Å². The van der Waals surface area contributed by atoms with Gasteiger partial charge in [-0.3, -0.25) is 4.79 Å². The van der Waals surface area contributed by atoms with Crippen molar-refractivity contribution in [3.63, 3.8) is 0 Å². The Morgan fingerprint density at radius 2 is 2.00 bits per heavy atom. The van der Waals surface area contributed by atoms with Crippen LogP contribution < -0.4 is 5.73 Å². The van der Waals surface area contributed by atoms with Crippen LogP contribution in [-0.2, 0) is 11.5 Å². The van der Waals surface area contributed by atoms with Gasteiger partial charge in [0.25, 0.3) is 0 Å². The first-order valence-corrected chi connectivity index (χ1v) is 3.78. The fraction of sp³-hybridized carbons (Fsp3) is 0.222. The van der Waals surface area contributed by atoms with Crippen molar-refractivity contribution in [1.82, 2.24) is 0 Å². The zero-order valence-corrected chi connectivity index (χ0v) is 6.90. The summed E-state index contributed by atoms with van der Waals surface area (Å²) >= 11 is 0. The Bertz CT molecular complexity index is 297. The number of hydrogen-bond acceptors (Lipinski definition) is 2.